The number of rotatable bonds is 8. The molecule has 0 aromatic rings. The van der Waals surface area contributed by atoms with E-state index < -0.39 is 44.5 Å². The molecule has 2 N–H and O–H groups in total. The molecule has 0 saturated heterocycles. The molecule has 40 heavy (non-hydrogen) atoms. The van der Waals surface area contributed by atoms with Gasteiger partial charge in [-0.3, -0.25) is 8.37 Å². The third-order valence-electron chi connectivity index (χ3n) is 10.6. The minimum absolute atomic E-state index is 0. The van der Waals surface area contributed by atoms with Gasteiger partial charge >= 0.3 is 59.1 Å². The van der Waals surface area contributed by atoms with Crippen LogP contribution in [0.5, 0.6) is 0 Å². The third kappa shape index (κ3) is 7.78. The summed E-state index contributed by atoms with van der Waals surface area (Å²) >= 11 is 0. The van der Waals surface area contributed by atoms with Crippen molar-refractivity contribution in [3.63, 3.8) is 0 Å². The van der Waals surface area contributed by atoms with Crippen molar-refractivity contribution in [3.05, 3.63) is 12.2 Å². The van der Waals surface area contributed by atoms with Gasteiger partial charge < -0.3 is 19.3 Å². The summed E-state index contributed by atoms with van der Waals surface area (Å²) in [4.78, 5) is 0. The summed E-state index contributed by atoms with van der Waals surface area (Å²) in [5.74, 6) is 0.0494. The number of hydrogen-bond acceptors (Lipinski definition) is 10. The van der Waals surface area contributed by atoms with E-state index in [0.29, 0.717) is 19.3 Å². The Morgan fingerprint density at radius 2 is 1.52 bits per heavy atom. The van der Waals surface area contributed by atoms with Crippen molar-refractivity contribution in [2.45, 2.75) is 91.0 Å². The zero-order valence-corrected chi connectivity index (χ0v) is 30.2. The minimum atomic E-state index is -4.94. The second kappa shape index (κ2) is 13.8. The van der Waals surface area contributed by atoms with Gasteiger partial charge in [-0.15, -0.1) is 0 Å². The molecule has 4 saturated carbocycles. The van der Waals surface area contributed by atoms with Crippen LogP contribution >= 0.6 is 0 Å². The number of aliphatic hydroxyl groups excluding tert-OH is 2. The first kappa shape index (κ1) is 37.6. The SMILES string of the molecule is CC(C)/C=C/[C@@H](COS(=O)(=O)[O-])[C@H]1CCC2C3CC[C@@H]4[C@H](O)[C@H](OS(=O)(=O)[O-])CCC4(C)C3[C@@H](O)CC21C.[Na+].[Na+]. The van der Waals surface area contributed by atoms with Crippen molar-refractivity contribution in [1.29, 1.82) is 0 Å². The molecule has 0 radical (unpaired) electrons. The molecule has 5 unspecified atom stereocenters. The van der Waals surface area contributed by atoms with E-state index in [4.69, 9.17) is 4.18 Å². The summed E-state index contributed by atoms with van der Waals surface area (Å²) in [6, 6.07) is 0. The topological polar surface area (TPSA) is 173 Å². The molecule has 220 valence electrons. The monoisotopic (exact) mass is 624 g/mol. The molecule has 4 aliphatic carbocycles. The quantitative estimate of drug-likeness (QED) is 0.121. The van der Waals surface area contributed by atoms with E-state index in [1.807, 2.05) is 26.0 Å². The molecule has 4 aliphatic rings. The van der Waals surface area contributed by atoms with Crippen molar-refractivity contribution in [2.75, 3.05) is 6.61 Å². The van der Waals surface area contributed by atoms with Gasteiger partial charge in [0.2, 0.25) is 20.8 Å². The van der Waals surface area contributed by atoms with E-state index in [1.165, 1.54) is 0 Å². The van der Waals surface area contributed by atoms with Crippen LogP contribution < -0.4 is 59.1 Å². The van der Waals surface area contributed by atoms with Gasteiger partial charge in [-0.2, -0.15) is 0 Å². The van der Waals surface area contributed by atoms with Gasteiger partial charge in [-0.05, 0) is 91.3 Å². The van der Waals surface area contributed by atoms with Gasteiger partial charge in [0.15, 0.2) is 0 Å². The fourth-order valence-electron chi connectivity index (χ4n) is 9.26. The standard InChI is InChI=1S/C26H44O10S2.2Na/c1-15(2)5-6-16(14-35-37(29,30)31)18-9-10-19-17-7-8-20-24(28)22(36-38(32,33)34)11-12-25(20,3)23(17)21(27)13-26(18,19)4;;/h5-6,15-24,27-28H,7-14H2,1-4H3,(H,29,30,31)(H,32,33,34);;/q;2*+1/p-2/b6-5+;;/t16-,17?,18+,19?,20+,21-,22+,23?,24-,25?,26?;;/m0../s1. The van der Waals surface area contributed by atoms with Gasteiger partial charge in [0.1, 0.15) is 6.10 Å². The minimum Gasteiger partial charge on any atom is -0.726 e. The van der Waals surface area contributed by atoms with E-state index in [2.05, 4.69) is 18.0 Å². The van der Waals surface area contributed by atoms with Crippen molar-refractivity contribution >= 4 is 20.8 Å². The molecule has 4 rings (SSSR count). The van der Waals surface area contributed by atoms with E-state index in [1.54, 1.807) is 0 Å². The Balaban J connectivity index is 0.00000280. The van der Waals surface area contributed by atoms with Crippen molar-refractivity contribution in [1.82, 2.24) is 0 Å². The summed E-state index contributed by atoms with van der Waals surface area (Å²) in [7, 11) is -9.77. The largest absolute Gasteiger partial charge is 1.00 e. The van der Waals surface area contributed by atoms with Gasteiger partial charge in [0.05, 0.1) is 18.8 Å². The van der Waals surface area contributed by atoms with Crippen LogP contribution in [0.2, 0.25) is 0 Å². The fourth-order valence-corrected chi connectivity index (χ4v) is 10.1. The summed E-state index contributed by atoms with van der Waals surface area (Å²) in [6.07, 6.45) is 5.51. The first-order chi connectivity index (χ1) is 17.5. The second-order valence-corrected chi connectivity index (χ2v) is 15.1. The van der Waals surface area contributed by atoms with E-state index in [-0.39, 0.29) is 119 Å². The van der Waals surface area contributed by atoms with Crippen LogP contribution in [0.1, 0.15) is 72.6 Å². The summed E-state index contributed by atoms with van der Waals surface area (Å²) in [5.41, 5.74) is -0.730. The Hall–Kier alpha value is 1.40. The van der Waals surface area contributed by atoms with Crippen LogP contribution in [0.4, 0.5) is 0 Å². The Morgan fingerprint density at radius 1 is 0.900 bits per heavy atom. The molecule has 0 heterocycles. The van der Waals surface area contributed by atoms with Gasteiger partial charge in [0, 0.05) is 5.92 Å². The van der Waals surface area contributed by atoms with E-state index >= 15 is 0 Å². The fraction of sp³-hybridized carbons (Fsp3) is 0.923. The molecular weight excluding hydrogens is 582 g/mol. The molecule has 0 bridgehead atoms. The molecule has 0 aliphatic heterocycles. The number of aliphatic hydroxyl groups is 2. The van der Waals surface area contributed by atoms with E-state index in [0.717, 1.165) is 19.3 Å². The average Bonchev–Trinajstić information content (AvgIpc) is 3.10. The summed E-state index contributed by atoms with van der Waals surface area (Å²) in [6.45, 7) is 8.06. The number of hydrogen-bond donors (Lipinski definition) is 2. The summed E-state index contributed by atoms with van der Waals surface area (Å²) in [5, 5.41) is 22.7. The second-order valence-electron chi connectivity index (χ2n) is 13.0. The maximum Gasteiger partial charge on any atom is 1.00 e. The molecular formula is C26H42Na2O10S2. The number of allylic oxidation sites excluding steroid dienone is 1. The Bertz CT molecular complexity index is 1120. The predicted octanol–water partition coefficient (Wildman–Crippen LogP) is -3.25. The van der Waals surface area contributed by atoms with Crippen molar-refractivity contribution < 1.29 is 104 Å². The summed E-state index contributed by atoms with van der Waals surface area (Å²) < 4.78 is 76.8. The van der Waals surface area contributed by atoms with Gasteiger partial charge in [-0.1, -0.05) is 39.8 Å². The first-order valence-electron chi connectivity index (χ1n) is 13.7. The van der Waals surface area contributed by atoms with Crippen molar-refractivity contribution in [3.8, 4) is 0 Å². The van der Waals surface area contributed by atoms with Crippen LogP contribution in [0.15, 0.2) is 12.2 Å². The molecule has 0 amide bonds. The maximum absolute atomic E-state index is 11.7. The van der Waals surface area contributed by atoms with Crippen LogP contribution in [0, 0.1) is 52.3 Å². The molecule has 0 aromatic carbocycles. The molecule has 4 fully saturated rings. The van der Waals surface area contributed by atoms with Gasteiger partial charge in [0.25, 0.3) is 0 Å². The Morgan fingerprint density at radius 3 is 2.10 bits per heavy atom. The van der Waals surface area contributed by atoms with Crippen LogP contribution in [-0.4, -0.2) is 61.1 Å². The van der Waals surface area contributed by atoms with Crippen molar-refractivity contribution in [2.24, 2.45) is 52.3 Å². The van der Waals surface area contributed by atoms with Crippen LogP contribution in [0.25, 0.3) is 0 Å². The normalized spacial score (nSPS) is 42.3. The molecule has 0 aromatic heterocycles. The Kier molecular flexibility index (Phi) is 13.0. The third-order valence-corrected chi connectivity index (χ3v) is 11.5. The molecule has 11 atom stereocenters. The molecule has 10 nitrogen and oxygen atoms in total. The zero-order chi connectivity index (χ0) is 28.3. The Labute approximate surface area is 283 Å². The van der Waals surface area contributed by atoms with Crippen LogP contribution in [-0.2, 0) is 29.2 Å². The smallest absolute Gasteiger partial charge is 0.726 e. The number of fused-ring (bicyclic) bond motifs is 5. The maximum atomic E-state index is 11.7. The average molecular weight is 625 g/mol. The first-order valence-corrected chi connectivity index (χ1v) is 16.4. The van der Waals surface area contributed by atoms with Crippen LogP contribution in [0.3, 0.4) is 0 Å². The molecule has 0 spiro atoms. The predicted molar refractivity (Wildman–Crippen MR) is 136 cm³/mol. The molecule has 14 heteroatoms. The van der Waals surface area contributed by atoms with E-state index in [9.17, 15) is 36.2 Å². The van der Waals surface area contributed by atoms with Gasteiger partial charge in [-0.25, -0.2) is 16.8 Å². The zero-order valence-electron chi connectivity index (χ0n) is 24.6.